The first kappa shape index (κ1) is 24.4. The number of rotatable bonds is 4. The summed E-state index contributed by atoms with van der Waals surface area (Å²) >= 11 is 9.56. The van der Waals surface area contributed by atoms with Crippen molar-refractivity contribution in [1.82, 2.24) is 10.2 Å². The molecule has 1 aliphatic heterocycles. The predicted octanol–water partition coefficient (Wildman–Crippen LogP) is 6.56. The van der Waals surface area contributed by atoms with Crippen molar-refractivity contribution in [3.63, 3.8) is 0 Å². The number of thioether (sulfide) groups is 1. The number of aromatic nitrogens is 2. The molecule has 5 rings (SSSR count). The maximum Gasteiger partial charge on any atom is 0.219 e. The average Bonchev–Trinajstić information content (AvgIpc) is 3.26. The molecule has 35 heavy (non-hydrogen) atoms. The Morgan fingerprint density at radius 2 is 2.00 bits per heavy atom. The summed E-state index contributed by atoms with van der Waals surface area (Å²) in [5.41, 5.74) is 9.04. The van der Waals surface area contributed by atoms with Gasteiger partial charge in [-0.25, -0.2) is 0 Å². The van der Waals surface area contributed by atoms with Gasteiger partial charge in [-0.05, 0) is 42.4 Å². The lowest BCUT2D eigenvalue weighted by atomic mass is 9.69. The van der Waals surface area contributed by atoms with Crippen molar-refractivity contribution in [3.05, 3.63) is 57.5 Å². The quantitative estimate of drug-likeness (QED) is 0.483. The fourth-order valence-corrected chi connectivity index (χ4v) is 8.00. The Morgan fingerprint density at radius 3 is 2.71 bits per heavy atom. The molecule has 0 radical (unpaired) electrons. The van der Waals surface area contributed by atoms with E-state index in [2.05, 4.69) is 30.1 Å². The lowest BCUT2D eigenvalue weighted by Crippen LogP contribution is -2.42. The van der Waals surface area contributed by atoms with Crippen LogP contribution in [0.4, 0.5) is 5.13 Å². The topological polar surface area (TPSA) is 95.9 Å². The van der Waals surface area contributed by atoms with E-state index in [1.165, 1.54) is 43.4 Å². The fourth-order valence-electron chi connectivity index (χ4n) is 5.41. The third-order valence-corrected chi connectivity index (χ3v) is 9.53. The molecule has 0 amide bonds. The van der Waals surface area contributed by atoms with Crippen LogP contribution in [-0.2, 0) is 4.79 Å². The molecule has 1 unspecified atom stereocenters. The highest BCUT2D eigenvalue weighted by Gasteiger charge is 2.45. The summed E-state index contributed by atoms with van der Waals surface area (Å²) in [6.07, 6.45) is 7.28. The molecule has 0 spiro atoms. The van der Waals surface area contributed by atoms with Crippen LogP contribution in [-0.4, -0.2) is 21.2 Å². The van der Waals surface area contributed by atoms with Crippen LogP contribution in [0.25, 0.3) is 0 Å². The SMILES string of the molecule is CC1(C)CC(=O)C2=C(C1)N(c1nnc(SC3CCCCC3)s1)C(N)=C(C#N)C2c1cccc(Cl)c1. The molecule has 6 nitrogen and oxygen atoms in total. The minimum atomic E-state index is -0.544. The van der Waals surface area contributed by atoms with Crippen LogP contribution in [0.15, 0.2) is 51.3 Å². The van der Waals surface area contributed by atoms with Gasteiger partial charge in [0.1, 0.15) is 5.82 Å². The average molecular weight is 526 g/mol. The van der Waals surface area contributed by atoms with Gasteiger partial charge >= 0.3 is 0 Å². The Morgan fingerprint density at radius 1 is 1.23 bits per heavy atom. The standard InChI is InChI=1S/C26H28ClN5OS2/c1-26(2)12-19-22(20(33)13-26)21(15-7-6-8-16(27)11-15)18(14-28)23(29)32(19)24-30-31-25(35-24)34-17-9-4-3-5-10-17/h6-8,11,17,21H,3-5,9-10,12-13,29H2,1-2H3. The van der Waals surface area contributed by atoms with Crippen LogP contribution in [0.1, 0.15) is 70.3 Å². The highest BCUT2D eigenvalue weighted by Crippen LogP contribution is 2.51. The molecule has 3 aliphatic rings. The number of hydrogen-bond donors (Lipinski definition) is 1. The van der Waals surface area contributed by atoms with Gasteiger partial charge in [0.15, 0.2) is 10.1 Å². The summed E-state index contributed by atoms with van der Waals surface area (Å²) < 4.78 is 0.902. The molecule has 0 bridgehead atoms. The van der Waals surface area contributed by atoms with Gasteiger partial charge in [0.25, 0.3) is 0 Å². The lowest BCUT2D eigenvalue weighted by Gasteiger charge is -2.42. The molecule has 0 saturated heterocycles. The number of carbonyl (C=O) groups is 1. The van der Waals surface area contributed by atoms with Gasteiger partial charge in [0, 0.05) is 28.0 Å². The predicted molar refractivity (Wildman–Crippen MR) is 141 cm³/mol. The molecular formula is C26H28ClN5OS2. The number of nitriles is 1. The Balaban J connectivity index is 1.61. The highest BCUT2D eigenvalue weighted by molar-refractivity contribution is 8.01. The molecule has 2 heterocycles. The van der Waals surface area contributed by atoms with Crippen molar-refractivity contribution in [2.24, 2.45) is 11.1 Å². The second kappa shape index (κ2) is 9.61. The summed E-state index contributed by atoms with van der Waals surface area (Å²) in [4.78, 5) is 15.4. The van der Waals surface area contributed by atoms with Gasteiger partial charge < -0.3 is 5.73 Å². The molecule has 9 heteroatoms. The molecule has 2 N–H and O–H groups in total. The number of nitrogens with zero attached hydrogens (tertiary/aromatic N) is 4. The Bertz CT molecular complexity index is 1270. The van der Waals surface area contributed by atoms with E-state index < -0.39 is 5.92 Å². The van der Waals surface area contributed by atoms with E-state index in [4.69, 9.17) is 17.3 Å². The number of nitrogens with two attached hydrogens (primary N) is 1. The normalized spacial score (nSPS) is 22.9. The summed E-state index contributed by atoms with van der Waals surface area (Å²) in [5, 5.41) is 20.9. The van der Waals surface area contributed by atoms with Crippen molar-refractivity contribution >= 4 is 45.6 Å². The van der Waals surface area contributed by atoms with Crippen molar-refractivity contribution in [3.8, 4) is 6.07 Å². The zero-order valence-electron chi connectivity index (χ0n) is 19.9. The third-order valence-electron chi connectivity index (χ3n) is 6.97. The van der Waals surface area contributed by atoms with E-state index in [0.29, 0.717) is 45.2 Å². The number of hydrogen-bond acceptors (Lipinski definition) is 8. The van der Waals surface area contributed by atoms with Crippen LogP contribution in [0.2, 0.25) is 5.02 Å². The van der Waals surface area contributed by atoms with Crippen molar-refractivity contribution in [1.29, 1.82) is 5.26 Å². The van der Waals surface area contributed by atoms with E-state index >= 15 is 0 Å². The van der Waals surface area contributed by atoms with Crippen LogP contribution in [0.5, 0.6) is 0 Å². The minimum absolute atomic E-state index is 0.0350. The van der Waals surface area contributed by atoms with E-state index in [1.54, 1.807) is 17.8 Å². The van der Waals surface area contributed by atoms with Gasteiger partial charge in [-0.2, -0.15) is 5.26 Å². The number of anilines is 1. The molecule has 1 aromatic carbocycles. The van der Waals surface area contributed by atoms with E-state index in [-0.39, 0.29) is 11.2 Å². The first-order chi connectivity index (χ1) is 16.8. The molecule has 1 atom stereocenters. The second-order valence-corrected chi connectivity index (χ2v) is 13.2. The van der Waals surface area contributed by atoms with Gasteiger partial charge in [0.2, 0.25) is 5.13 Å². The molecular weight excluding hydrogens is 498 g/mol. The number of Topliss-reactive ketones (excluding diaryl/α,β-unsaturated/α-hetero) is 1. The Labute approximate surface area is 219 Å². The van der Waals surface area contributed by atoms with Gasteiger partial charge in [-0.15, -0.1) is 10.2 Å². The lowest BCUT2D eigenvalue weighted by molar-refractivity contribution is -0.118. The van der Waals surface area contributed by atoms with E-state index in [9.17, 15) is 10.1 Å². The molecule has 1 aromatic heterocycles. The highest BCUT2D eigenvalue weighted by atomic mass is 35.5. The molecule has 2 aromatic rings. The third kappa shape index (κ3) is 4.74. The Kier molecular flexibility index (Phi) is 6.69. The summed E-state index contributed by atoms with van der Waals surface area (Å²) in [6, 6.07) is 9.64. The van der Waals surface area contributed by atoms with Gasteiger partial charge in [0.05, 0.1) is 17.6 Å². The number of halogens is 1. The molecule has 1 fully saturated rings. The summed E-state index contributed by atoms with van der Waals surface area (Å²) in [6.45, 7) is 4.18. The van der Waals surface area contributed by atoms with Crippen molar-refractivity contribution in [2.45, 2.75) is 74.3 Å². The van der Waals surface area contributed by atoms with Crippen LogP contribution < -0.4 is 10.6 Å². The monoisotopic (exact) mass is 525 g/mol. The van der Waals surface area contributed by atoms with Crippen molar-refractivity contribution in [2.75, 3.05) is 4.90 Å². The smallest absolute Gasteiger partial charge is 0.219 e. The summed E-state index contributed by atoms with van der Waals surface area (Å²) in [5.74, 6) is -0.197. The largest absolute Gasteiger partial charge is 0.384 e. The summed E-state index contributed by atoms with van der Waals surface area (Å²) in [7, 11) is 0. The number of carbonyl (C=O) groups excluding carboxylic acids is 1. The fraction of sp³-hybridized carbons (Fsp3) is 0.462. The van der Waals surface area contributed by atoms with E-state index in [0.717, 1.165) is 15.6 Å². The zero-order valence-corrected chi connectivity index (χ0v) is 22.3. The molecule has 182 valence electrons. The maximum atomic E-state index is 13.6. The minimum Gasteiger partial charge on any atom is -0.384 e. The number of ketones is 1. The Hall–Kier alpha value is -2.34. The maximum absolute atomic E-state index is 13.6. The van der Waals surface area contributed by atoms with Crippen molar-refractivity contribution < 1.29 is 4.79 Å². The van der Waals surface area contributed by atoms with Gasteiger partial charge in [-0.3, -0.25) is 9.69 Å². The van der Waals surface area contributed by atoms with E-state index in [1.807, 2.05) is 23.1 Å². The van der Waals surface area contributed by atoms with Crippen LogP contribution in [0.3, 0.4) is 0 Å². The molecule has 1 saturated carbocycles. The molecule has 2 aliphatic carbocycles. The number of allylic oxidation sites excluding steroid dienone is 3. The first-order valence-electron chi connectivity index (χ1n) is 12.0. The van der Waals surface area contributed by atoms with Crippen LogP contribution in [0, 0.1) is 16.7 Å². The number of benzene rings is 1. The first-order valence-corrected chi connectivity index (χ1v) is 14.1. The second-order valence-electron chi connectivity index (χ2n) is 10.3. The van der Waals surface area contributed by atoms with Crippen LogP contribution >= 0.6 is 34.7 Å². The van der Waals surface area contributed by atoms with Gasteiger partial charge in [-0.1, -0.05) is 79.9 Å². The zero-order chi connectivity index (χ0) is 24.7.